The van der Waals surface area contributed by atoms with Gasteiger partial charge in [0, 0.05) is 19.5 Å². The summed E-state index contributed by atoms with van der Waals surface area (Å²) in [5.74, 6) is 0. The summed E-state index contributed by atoms with van der Waals surface area (Å²) in [6.45, 7) is 2.07. The molecule has 0 aliphatic rings. The number of fused-ring (bicyclic) bond motifs is 1. The first-order valence-electron chi connectivity index (χ1n) is 5.91. The Morgan fingerprint density at radius 1 is 1.00 bits per heavy atom. The molecule has 0 atom stereocenters. The zero-order chi connectivity index (χ0) is 13.3. The van der Waals surface area contributed by atoms with Crippen LogP contribution in [0.2, 0.25) is 0 Å². The standard InChI is InChI=1S/C14H17NO2S/c1-4-11-7-5-9-13-12(11)8-6-10-14(13)18(16,17)15(2)3/h5-10H,4H2,1-3H3. The highest BCUT2D eigenvalue weighted by atomic mass is 32.2. The van der Waals surface area contributed by atoms with E-state index < -0.39 is 10.0 Å². The van der Waals surface area contributed by atoms with Crippen LogP contribution in [0.3, 0.4) is 0 Å². The molecule has 18 heavy (non-hydrogen) atoms. The van der Waals surface area contributed by atoms with Gasteiger partial charge >= 0.3 is 0 Å². The fourth-order valence-electron chi connectivity index (χ4n) is 2.08. The van der Waals surface area contributed by atoms with Crippen molar-refractivity contribution in [3.63, 3.8) is 0 Å². The Hall–Kier alpha value is -1.39. The number of rotatable bonds is 3. The average molecular weight is 263 g/mol. The quantitative estimate of drug-likeness (QED) is 0.853. The number of nitrogens with zero attached hydrogens (tertiary/aromatic N) is 1. The Labute approximate surface area is 108 Å². The molecule has 0 fully saturated rings. The zero-order valence-corrected chi connectivity index (χ0v) is 11.7. The molecule has 0 saturated carbocycles. The molecule has 4 heteroatoms. The average Bonchev–Trinajstić information content (AvgIpc) is 2.36. The molecule has 0 aliphatic carbocycles. The molecule has 0 aromatic heterocycles. The highest BCUT2D eigenvalue weighted by molar-refractivity contribution is 7.89. The largest absolute Gasteiger partial charge is 0.243 e. The second-order valence-corrected chi connectivity index (χ2v) is 6.53. The summed E-state index contributed by atoms with van der Waals surface area (Å²) in [5, 5.41) is 1.81. The third-order valence-corrected chi connectivity index (χ3v) is 4.99. The molecular formula is C14H17NO2S. The summed E-state index contributed by atoms with van der Waals surface area (Å²) in [5.41, 5.74) is 1.17. The summed E-state index contributed by atoms with van der Waals surface area (Å²) in [6, 6.07) is 11.3. The van der Waals surface area contributed by atoms with Crippen LogP contribution in [0.5, 0.6) is 0 Å². The number of benzene rings is 2. The molecule has 0 heterocycles. The van der Waals surface area contributed by atoms with Gasteiger partial charge in [0.2, 0.25) is 10.0 Å². The van der Waals surface area contributed by atoms with Crippen molar-refractivity contribution in [1.82, 2.24) is 4.31 Å². The van der Waals surface area contributed by atoms with Crippen molar-refractivity contribution in [3.05, 3.63) is 42.0 Å². The molecule has 0 saturated heterocycles. The van der Waals surface area contributed by atoms with Gasteiger partial charge in [-0.15, -0.1) is 0 Å². The van der Waals surface area contributed by atoms with Crippen LogP contribution in [0.25, 0.3) is 10.8 Å². The lowest BCUT2D eigenvalue weighted by molar-refractivity contribution is 0.521. The van der Waals surface area contributed by atoms with Crippen LogP contribution in [0.15, 0.2) is 41.3 Å². The molecule has 3 nitrogen and oxygen atoms in total. The van der Waals surface area contributed by atoms with E-state index in [4.69, 9.17) is 0 Å². The first-order chi connectivity index (χ1) is 8.48. The smallest absolute Gasteiger partial charge is 0.207 e. The number of aryl methyl sites for hydroxylation is 1. The summed E-state index contributed by atoms with van der Waals surface area (Å²) < 4.78 is 25.8. The van der Waals surface area contributed by atoms with Crippen LogP contribution >= 0.6 is 0 Å². The predicted octanol–water partition coefficient (Wildman–Crippen LogP) is 2.65. The molecule has 0 amide bonds. The maximum Gasteiger partial charge on any atom is 0.243 e. The fraction of sp³-hybridized carbons (Fsp3) is 0.286. The first kappa shape index (κ1) is 13.1. The SMILES string of the molecule is CCc1cccc2c(S(=O)(=O)N(C)C)cccc12. The van der Waals surface area contributed by atoms with Crippen molar-refractivity contribution in [2.45, 2.75) is 18.2 Å². The normalized spacial score (nSPS) is 12.2. The Balaban J connectivity index is 2.83. The third kappa shape index (κ3) is 2.02. The third-order valence-electron chi connectivity index (χ3n) is 3.11. The van der Waals surface area contributed by atoms with E-state index in [1.54, 1.807) is 26.2 Å². The lowest BCUT2D eigenvalue weighted by Crippen LogP contribution is -2.22. The lowest BCUT2D eigenvalue weighted by Gasteiger charge is -2.14. The second-order valence-electron chi connectivity index (χ2n) is 4.41. The predicted molar refractivity (Wildman–Crippen MR) is 74.2 cm³/mol. The van der Waals surface area contributed by atoms with Gasteiger partial charge in [-0.2, -0.15) is 0 Å². The van der Waals surface area contributed by atoms with Crippen molar-refractivity contribution in [2.75, 3.05) is 14.1 Å². The summed E-state index contributed by atoms with van der Waals surface area (Å²) in [6.07, 6.45) is 0.892. The molecule has 0 aliphatic heterocycles. The molecular weight excluding hydrogens is 246 g/mol. The molecule has 0 bridgehead atoms. The Morgan fingerprint density at radius 3 is 2.22 bits per heavy atom. The monoisotopic (exact) mass is 263 g/mol. The van der Waals surface area contributed by atoms with Gasteiger partial charge in [-0.25, -0.2) is 12.7 Å². The minimum Gasteiger partial charge on any atom is -0.207 e. The second kappa shape index (κ2) is 4.71. The van der Waals surface area contributed by atoms with E-state index in [-0.39, 0.29) is 0 Å². The zero-order valence-electron chi connectivity index (χ0n) is 10.8. The lowest BCUT2D eigenvalue weighted by atomic mass is 10.0. The van der Waals surface area contributed by atoms with E-state index in [9.17, 15) is 8.42 Å². The maximum absolute atomic E-state index is 12.3. The van der Waals surface area contributed by atoms with E-state index in [2.05, 4.69) is 6.92 Å². The highest BCUT2D eigenvalue weighted by Crippen LogP contribution is 2.27. The summed E-state index contributed by atoms with van der Waals surface area (Å²) in [4.78, 5) is 0.375. The Bertz CT molecular complexity index is 675. The Kier molecular flexibility index (Phi) is 3.41. The van der Waals surface area contributed by atoms with E-state index in [0.717, 1.165) is 17.2 Å². The molecule has 0 unspecified atom stereocenters. The molecule has 2 aromatic rings. The van der Waals surface area contributed by atoms with Crippen molar-refractivity contribution >= 4 is 20.8 Å². The maximum atomic E-state index is 12.3. The molecule has 0 N–H and O–H groups in total. The topological polar surface area (TPSA) is 37.4 Å². The minimum absolute atomic E-state index is 0.375. The summed E-state index contributed by atoms with van der Waals surface area (Å²) >= 11 is 0. The fourth-order valence-corrected chi connectivity index (χ4v) is 3.18. The van der Waals surface area contributed by atoms with Crippen LogP contribution in [0.4, 0.5) is 0 Å². The van der Waals surface area contributed by atoms with E-state index in [0.29, 0.717) is 4.90 Å². The number of hydrogen-bond donors (Lipinski definition) is 0. The molecule has 2 rings (SSSR count). The van der Waals surface area contributed by atoms with E-state index in [1.807, 2.05) is 24.3 Å². The van der Waals surface area contributed by atoms with Crippen LogP contribution in [-0.2, 0) is 16.4 Å². The van der Waals surface area contributed by atoms with Gasteiger partial charge in [-0.05, 0) is 23.4 Å². The highest BCUT2D eigenvalue weighted by Gasteiger charge is 2.20. The molecule has 0 spiro atoms. The molecule has 0 radical (unpaired) electrons. The summed E-state index contributed by atoms with van der Waals surface area (Å²) in [7, 11) is -0.288. The number of hydrogen-bond acceptors (Lipinski definition) is 2. The van der Waals surface area contributed by atoms with Crippen LogP contribution in [0.1, 0.15) is 12.5 Å². The molecule has 96 valence electrons. The first-order valence-corrected chi connectivity index (χ1v) is 7.35. The van der Waals surface area contributed by atoms with Gasteiger partial charge in [0.1, 0.15) is 0 Å². The van der Waals surface area contributed by atoms with E-state index >= 15 is 0 Å². The van der Waals surface area contributed by atoms with Crippen LogP contribution in [-0.4, -0.2) is 26.8 Å². The molecule has 2 aromatic carbocycles. The van der Waals surface area contributed by atoms with Gasteiger partial charge in [0.25, 0.3) is 0 Å². The van der Waals surface area contributed by atoms with Crippen molar-refractivity contribution in [3.8, 4) is 0 Å². The van der Waals surface area contributed by atoms with E-state index in [1.165, 1.54) is 9.87 Å². The van der Waals surface area contributed by atoms with Gasteiger partial charge in [0.05, 0.1) is 4.90 Å². The van der Waals surface area contributed by atoms with Gasteiger partial charge in [-0.3, -0.25) is 0 Å². The van der Waals surface area contributed by atoms with Crippen molar-refractivity contribution in [1.29, 1.82) is 0 Å². The van der Waals surface area contributed by atoms with Gasteiger partial charge in [0.15, 0.2) is 0 Å². The van der Waals surface area contributed by atoms with Gasteiger partial charge < -0.3 is 0 Å². The Morgan fingerprint density at radius 2 is 1.61 bits per heavy atom. The van der Waals surface area contributed by atoms with Crippen LogP contribution < -0.4 is 0 Å². The minimum atomic E-state index is -3.40. The van der Waals surface area contributed by atoms with Crippen LogP contribution in [0, 0.1) is 0 Å². The number of sulfonamides is 1. The van der Waals surface area contributed by atoms with Crippen molar-refractivity contribution < 1.29 is 8.42 Å². The van der Waals surface area contributed by atoms with Crippen molar-refractivity contribution in [2.24, 2.45) is 0 Å². The van der Waals surface area contributed by atoms with Gasteiger partial charge in [-0.1, -0.05) is 37.3 Å².